The Morgan fingerprint density at radius 1 is 0.875 bits per heavy atom. The summed E-state index contributed by atoms with van der Waals surface area (Å²) in [6, 6.07) is 23.3. The first kappa shape index (κ1) is 31.3. The second-order valence-electron chi connectivity index (χ2n) is 11.7. The standard InChI is InChI=1S/C36H30ClN5O5S/c1-19(43)48-11-10-33(45)38-23-6-8-27-20(12-23)14-29(40-27)35(46)39-24-7-9-28-21(13-24)15-30(41-28)36(47)42-18-22(17-37)34-26-5-3-2-4-25(26)32(44)16-31(34)42/h2-9,12-16,22,40-41,44H,10-11,17-18H2,1H3,(H,38,45)(H,39,46)/t22-/m1/s1. The molecule has 48 heavy (non-hydrogen) atoms. The first-order chi connectivity index (χ1) is 23.2. The zero-order valence-corrected chi connectivity index (χ0v) is 27.3. The Morgan fingerprint density at radius 3 is 2.21 bits per heavy atom. The van der Waals surface area contributed by atoms with Gasteiger partial charge in [-0.1, -0.05) is 36.0 Å². The summed E-state index contributed by atoms with van der Waals surface area (Å²) >= 11 is 7.47. The summed E-state index contributed by atoms with van der Waals surface area (Å²) < 4.78 is 0. The number of nitrogens with one attached hydrogen (secondary N) is 4. The number of fused-ring (bicyclic) bond motifs is 5. The number of phenolic OH excluding ortho intramolecular Hbond substituents is 1. The number of halogens is 1. The van der Waals surface area contributed by atoms with Gasteiger partial charge in [0.2, 0.25) is 5.91 Å². The number of nitrogens with zero attached hydrogens (tertiary/aromatic N) is 1. The molecule has 0 bridgehead atoms. The Balaban J connectivity index is 1.07. The number of phenols is 1. The molecule has 0 aliphatic carbocycles. The minimum absolute atomic E-state index is 0.0306. The van der Waals surface area contributed by atoms with Crippen molar-refractivity contribution in [3.05, 3.63) is 95.8 Å². The van der Waals surface area contributed by atoms with E-state index in [1.54, 1.807) is 59.5 Å². The van der Waals surface area contributed by atoms with E-state index in [2.05, 4.69) is 20.6 Å². The van der Waals surface area contributed by atoms with Crippen LogP contribution in [0.2, 0.25) is 0 Å². The van der Waals surface area contributed by atoms with E-state index in [9.17, 15) is 24.3 Å². The van der Waals surface area contributed by atoms with E-state index >= 15 is 0 Å². The van der Waals surface area contributed by atoms with E-state index in [1.165, 1.54) is 6.92 Å². The van der Waals surface area contributed by atoms with Crippen LogP contribution in [0.4, 0.5) is 17.1 Å². The van der Waals surface area contributed by atoms with Crippen molar-refractivity contribution in [1.82, 2.24) is 9.97 Å². The van der Waals surface area contributed by atoms with Crippen LogP contribution in [0, 0.1) is 0 Å². The van der Waals surface area contributed by atoms with E-state index < -0.39 is 0 Å². The Labute approximate surface area is 283 Å². The van der Waals surface area contributed by atoms with E-state index in [-0.39, 0.29) is 40.9 Å². The van der Waals surface area contributed by atoms with Gasteiger partial charge in [-0.05, 0) is 59.5 Å². The van der Waals surface area contributed by atoms with Gasteiger partial charge in [0.25, 0.3) is 11.8 Å². The number of alkyl halides is 1. The molecule has 5 N–H and O–H groups in total. The molecule has 0 saturated carbocycles. The molecule has 7 rings (SSSR count). The predicted molar refractivity (Wildman–Crippen MR) is 192 cm³/mol. The van der Waals surface area contributed by atoms with Crippen molar-refractivity contribution in [3.63, 3.8) is 0 Å². The smallest absolute Gasteiger partial charge is 0.274 e. The van der Waals surface area contributed by atoms with Crippen LogP contribution in [0.15, 0.2) is 78.9 Å². The largest absolute Gasteiger partial charge is 0.507 e. The van der Waals surface area contributed by atoms with Crippen molar-refractivity contribution in [2.75, 3.05) is 33.7 Å². The zero-order chi connectivity index (χ0) is 33.5. The fraction of sp³-hybridized carbons (Fsp3) is 0.167. The third-order valence-corrected chi connectivity index (χ3v) is 9.66. The maximum Gasteiger partial charge on any atom is 0.274 e. The molecule has 1 atom stereocenters. The third-order valence-electron chi connectivity index (χ3n) is 8.47. The number of hydrogen-bond acceptors (Lipinski definition) is 6. The highest BCUT2D eigenvalue weighted by molar-refractivity contribution is 8.13. The average Bonchev–Trinajstić information content (AvgIpc) is 3.79. The van der Waals surface area contributed by atoms with Crippen molar-refractivity contribution in [3.8, 4) is 5.75 Å². The molecule has 3 heterocycles. The highest BCUT2D eigenvalue weighted by Crippen LogP contribution is 2.45. The number of aromatic hydroxyl groups is 1. The Hall–Kier alpha value is -5.26. The molecular weight excluding hydrogens is 650 g/mol. The molecule has 0 saturated heterocycles. The summed E-state index contributed by atoms with van der Waals surface area (Å²) in [5, 5.41) is 19.5. The molecular formula is C36H30ClN5O5S. The van der Waals surface area contributed by atoms with Crippen LogP contribution in [-0.4, -0.2) is 56.1 Å². The van der Waals surface area contributed by atoms with Crippen molar-refractivity contribution >= 4 is 95.8 Å². The fourth-order valence-electron chi connectivity index (χ4n) is 6.26. The monoisotopic (exact) mass is 679 g/mol. The number of aromatic nitrogens is 2. The number of H-pyrrole nitrogens is 2. The molecule has 0 radical (unpaired) electrons. The lowest BCUT2D eigenvalue weighted by molar-refractivity contribution is -0.115. The van der Waals surface area contributed by atoms with Crippen molar-refractivity contribution in [2.45, 2.75) is 19.3 Å². The van der Waals surface area contributed by atoms with Gasteiger partial charge < -0.3 is 30.6 Å². The van der Waals surface area contributed by atoms with E-state index in [1.807, 2.05) is 24.3 Å². The summed E-state index contributed by atoms with van der Waals surface area (Å²) in [4.78, 5) is 58.3. The molecule has 1 aliphatic rings. The summed E-state index contributed by atoms with van der Waals surface area (Å²) in [5.74, 6) is -0.0269. The van der Waals surface area contributed by atoms with Gasteiger partial charge in [-0.25, -0.2) is 0 Å². The number of anilines is 3. The number of carbonyl (C=O) groups is 4. The van der Waals surface area contributed by atoms with Crippen molar-refractivity contribution < 1.29 is 24.3 Å². The van der Waals surface area contributed by atoms with Gasteiger partial charge in [-0.2, -0.15) is 0 Å². The molecule has 10 nitrogen and oxygen atoms in total. The van der Waals surface area contributed by atoms with Crippen LogP contribution >= 0.6 is 23.4 Å². The van der Waals surface area contributed by atoms with Gasteiger partial charge in [0.15, 0.2) is 5.12 Å². The number of carbonyl (C=O) groups excluding carboxylic acids is 4. The van der Waals surface area contributed by atoms with Gasteiger partial charge in [-0.3, -0.25) is 19.2 Å². The summed E-state index contributed by atoms with van der Waals surface area (Å²) in [5.41, 5.74) is 4.91. The molecule has 0 spiro atoms. The summed E-state index contributed by atoms with van der Waals surface area (Å²) in [6.45, 7) is 1.86. The van der Waals surface area contributed by atoms with Crippen LogP contribution in [-0.2, 0) is 9.59 Å². The summed E-state index contributed by atoms with van der Waals surface area (Å²) in [7, 11) is 0. The van der Waals surface area contributed by atoms with Gasteiger partial charge >= 0.3 is 0 Å². The van der Waals surface area contributed by atoms with E-state index in [0.29, 0.717) is 46.6 Å². The van der Waals surface area contributed by atoms with Crippen molar-refractivity contribution in [1.29, 1.82) is 0 Å². The fourth-order valence-corrected chi connectivity index (χ4v) is 7.08. The van der Waals surface area contributed by atoms with E-state index in [4.69, 9.17) is 11.6 Å². The number of amides is 3. The second kappa shape index (κ2) is 12.7. The maximum absolute atomic E-state index is 13.8. The van der Waals surface area contributed by atoms with Gasteiger partial charge in [0, 0.05) is 82.1 Å². The molecule has 1 aliphatic heterocycles. The minimum Gasteiger partial charge on any atom is -0.507 e. The van der Waals surface area contributed by atoms with Crippen molar-refractivity contribution in [2.24, 2.45) is 0 Å². The molecule has 0 fully saturated rings. The Kier molecular flexibility index (Phi) is 8.32. The Bertz CT molecular complexity index is 2280. The average molecular weight is 680 g/mol. The minimum atomic E-state index is -0.350. The molecule has 4 aromatic carbocycles. The SMILES string of the molecule is CC(=O)SCCC(=O)Nc1ccc2[nH]c(C(=O)Nc3ccc4[nH]c(C(=O)N5C[C@@H](CCl)c6c5cc(O)c5ccccc65)cc4c3)cc2c1. The quantitative estimate of drug-likeness (QED) is 0.106. The molecule has 242 valence electrons. The van der Waals surface area contributed by atoms with Gasteiger partial charge in [-0.15, -0.1) is 11.6 Å². The third kappa shape index (κ3) is 5.98. The van der Waals surface area contributed by atoms with Crippen LogP contribution in [0.1, 0.15) is 45.8 Å². The summed E-state index contributed by atoms with van der Waals surface area (Å²) in [6.07, 6.45) is 0.215. The van der Waals surface area contributed by atoms with Crippen LogP contribution in [0.5, 0.6) is 5.75 Å². The molecule has 12 heteroatoms. The number of thioether (sulfide) groups is 1. The zero-order valence-electron chi connectivity index (χ0n) is 25.7. The topological polar surface area (TPSA) is 147 Å². The second-order valence-corrected chi connectivity index (χ2v) is 13.3. The number of hydrogen-bond donors (Lipinski definition) is 5. The number of aromatic amines is 2. The lowest BCUT2D eigenvalue weighted by atomic mass is 9.95. The van der Waals surface area contributed by atoms with Gasteiger partial charge in [0.1, 0.15) is 17.1 Å². The maximum atomic E-state index is 13.8. The van der Waals surface area contributed by atoms with Gasteiger partial charge in [0.05, 0.1) is 5.69 Å². The molecule has 2 aromatic heterocycles. The molecule has 3 amide bonds. The molecule has 6 aromatic rings. The van der Waals surface area contributed by atoms with Crippen LogP contribution in [0.25, 0.3) is 32.6 Å². The lowest BCUT2D eigenvalue weighted by Crippen LogP contribution is -2.30. The first-order valence-electron chi connectivity index (χ1n) is 15.3. The van der Waals surface area contributed by atoms with Crippen LogP contribution < -0.4 is 15.5 Å². The highest BCUT2D eigenvalue weighted by Gasteiger charge is 2.35. The number of benzene rings is 4. The highest BCUT2D eigenvalue weighted by atomic mass is 35.5. The molecule has 0 unspecified atom stereocenters. The Morgan fingerprint density at radius 2 is 1.52 bits per heavy atom. The predicted octanol–water partition coefficient (Wildman–Crippen LogP) is 7.35. The van der Waals surface area contributed by atoms with Crippen LogP contribution in [0.3, 0.4) is 0 Å². The lowest BCUT2D eigenvalue weighted by Gasteiger charge is -2.17. The van der Waals surface area contributed by atoms with E-state index in [0.717, 1.165) is 49.9 Å². The number of rotatable bonds is 8. The normalized spacial score (nSPS) is 14.0. The first-order valence-corrected chi connectivity index (χ1v) is 16.8.